The Morgan fingerprint density at radius 1 is 1.06 bits per heavy atom. The van der Waals surface area contributed by atoms with Crippen LogP contribution in [-0.4, -0.2) is 11.4 Å². The second-order valence-electron chi connectivity index (χ2n) is 8.86. The molecule has 4 aromatic rings. The van der Waals surface area contributed by atoms with Crippen molar-refractivity contribution in [3.05, 3.63) is 118 Å². The van der Waals surface area contributed by atoms with Crippen molar-refractivity contribution < 1.29 is 9.47 Å². The molecule has 8 heteroatoms. The molecule has 0 bridgehead atoms. The maximum Gasteiger partial charge on any atom is 0.271 e. The van der Waals surface area contributed by atoms with E-state index in [1.807, 2.05) is 53.1 Å². The minimum atomic E-state index is -0.305. The lowest BCUT2D eigenvalue weighted by molar-refractivity contribution is 0.174. The number of thiazole rings is 1. The Labute approximate surface area is 223 Å². The highest BCUT2D eigenvalue weighted by molar-refractivity contribution is 9.10. The number of ether oxygens (including phenoxy) is 2. The summed E-state index contributed by atoms with van der Waals surface area (Å²) in [4.78, 5) is 19.7. The van der Waals surface area contributed by atoms with Crippen LogP contribution in [0.1, 0.15) is 34.7 Å². The van der Waals surface area contributed by atoms with Crippen molar-refractivity contribution >= 4 is 50.6 Å². The lowest BCUT2D eigenvalue weighted by Gasteiger charge is -2.31. The van der Waals surface area contributed by atoms with Crippen LogP contribution in [0.3, 0.4) is 0 Å². The van der Waals surface area contributed by atoms with E-state index in [4.69, 9.17) is 26.1 Å². The molecule has 1 aromatic heterocycles. The van der Waals surface area contributed by atoms with E-state index in [1.165, 1.54) is 16.9 Å². The van der Waals surface area contributed by atoms with Crippen molar-refractivity contribution in [2.45, 2.75) is 18.9 Å². The molecule has 0 saturated carbocycles. The van der Waals surface area contributed by atoms with Crippen LogP contribution in [-0.2, 0) is 6.42 Å². The number of halogens is 2. The van der Waals surface area contributed by atoms with Crippen LogP contribution in [0.5, 0.6) is 11.5 Å². The maximum absolute atomic E-state index is 13.9. The summed E-state index contributed by atoms with van der Waals surface area (Å²) in [6.07, 6.45) is 3.61. The summed E-state index contributed by atoms with van der Waals surface area (Å²) in [7, 11) is 0. The summed E-state index contributed by atoms with van der Waals surface area (Å²) in [5.74, 6) is 1.35. The number of fused-ring (bicyclic) bond motifs is 4. The second kappa shape index (κ2) is 8.47. The van der Waals surface area contributed by atoms with Crippen LogP contribution >= 0.6 is 38.9 Å². The first-order chi connectivity index (χ1) is 17.6. The van der Waals surface area contributed by atoms with Crippen LogP contribution < -0.4 is 24.4 Å². The Kier molecular flexibility index (Phi) is 5.20. The third-order valence-electron chi connectivity index (χ3n) is 6.85. The molecule has 0 unspecified atom stereocenters. The van der Waals surface area contributed by atoms with Gasteiger partial charge in [0.25, 0.3) is 5.56 Å². The monoisotopic (exact) mass is 576 g/mol. The molecule has 0 amide bonds. The van der Waals surface area contributed by atoms with E-state index >= 15 is 0 Å². The quantitative estimate of drug-likeness (QED) is 0.318. The molecule has 178 valence electrons. The molecule has 0 fully saturated rings. The van der Waals surface area contributed by atoms with Crippen molar-refractivity contribution in [2.75, 3.05) is 6.79 Å². The lowest BCUT2D eigenvalue weighted by Crippen LogP contribution is -2.38. The zero-order valence-electron chi connectivity index (χ0n) is 18.8. The normalized spacial score (nSPS) is 17.9. The molecule has 36 heavy (non-hydrogen) atoms. The molecular formula is C28H18BrClN2O3S. The Morgan fingerprint density at radius 3 is 2.69 bits per heavy atom. The van der Waals surface area contributed by atoms with Crippen molar-refractivity contribution in [1.82, 2.24) is 4.57 Å². The first-order valence-electron chi connectivity index (χ1n) is 11.5. The van der Waals surface area contributed by atoms with Gasteiger partial charge in [0.15, 0.2) is 16.3 Å². The van der Waals surface area contributed by atoms with Gasteiger partial charge in [0.2, 0.25) is 6.79 Å². The van der Waals surface area contributed by atoms with E-state index in [1.54, 1.807) is 0 Å². The number of allylic oxidation sites excluding steroid dienone is 1. The van der Waals surface area contributed by atoms with Gasteiger partial charge in [-0.2, -0.15) is 0 Å². The van der Waals surface area contributed by atoms with Gasteiger partial charge in [-0.1, -0.05) is 81.3 Å². The number of benzene rings is 3. The van der Waals surface area contributed by atoms with Gasteiger partial charge >= 0.3 is 0 Å². The number of rotatable bonds is 2. The van der Waals surface area contributed by atoms with Crippen molar-refractivity contribution in [1.29, 1.82) is 0 Å². The minimum Gasteiger partial charge on any atom is -0.454 e. The van der Waals surface area contributed by atoms with E-state index in [2.05, 4.69) is 34.1 Å². The highest BCUT2D eigenvalue weighted by Gasteiger charge is 2.33. The van der Waals surface area contributed by atoms with Gasteiger partial charge in [-0.25, -0.2) is 4.99 Å². The fourth-order valence-electron chi connectivity index (χ4n) is 5.18. The summed E-state index contributed by atoms with van der Waals surface area (Å²) in [6.45, 7) is 0.193. The molecule has 5 nitrogen and oxygen atoms in total. The number of aryl methyl sites for hydroxylation is 1. The van der Waals surface area contributed by atoms with Gasteiger partial charge in [-0.05, 0) is 59.4 Å². The molecule has 3 aromatic carbocycles. The molecule has 1 aliphatic carbocycles. The molecule has 7 rings (SSSR count). The van der Waals surface area contributed by atoms with E-state index in [0.29, 0.717) is 25.9 Å². The van der Waals surface area contributed by atoms with Gasteiger partial charge in [-0.15, -0.1) is 0 Å². The average molecular weight is 578 g/mol. The number of nitrogens with zero attached hydrogens (tertiary/aromatic N) is 2. The number of aromatic nitrogens is 1. The fraction of sp³-hybridized carbons (Fsp3) is 0.143. The standard InChI is InChI=1S/C28H18BrClN2O3S/c29-20-13-23-22(34-14-35-23)11-16(20)12-24-27(33)32-26(18-7-3-4-8-21(18)30)19-10-9-15-5-1-2-6-17(15)25(19)31-28(32)36-24/h1-8,11-13,26H,9-10,14H2/b24-12-/t26-/m1/s1. The zero-order valence-corrected chi connectivity index (χ0v) is 22.0. The van der Waals surface area contributed by atoms with E-state index in [9.17, 15) is 4.79 Å². The molecule has 0 N–H and O–H groups in total. The van der Waals surface area contributed by atoms with Crippen molar-refractivity contribution in [3.8, 4) is 11.5 Å². The predicted octanol–water partition coefficient (Wildman–Crippen LogP) is 5.46. The largest absolute Gasteiger partial charge is 0.454 e. The molecular weight excluding hydrogens is 560 g/mol. The topological polar surface area (TPSA) is 52.8 Å². The average Bonchev–Trinajstić information content (AvgIpc) is 3.47. The highest BCUT2D eigenvalue weighted by Crippen LogP contribution is 2.43. The van der Waals surface area contributed by atoms with E-state index in [0.717, 1.165) is 45.3 Å². The van der Waals surface area contributed by atoms with Crippen molar-refractivity contribution in [3.63, 3.8) is 0 Å². The predicted molar refractivity (Wildman–Crippen MR) is 144 cm³/mol. The van der Waals surface area contributed by atoms with Crippen LogP contribution in [0, 0.1) is 0 Å². The van der Waals surface area contributed by atoms with E-state index < -0.39 is 0 Å². The summed E-state index contributed by atoms with van der Waals surface area (Å²) in [5, 5.41) is 0.642. The SMILES string of the molecule is O=c1/c(=C/c2cc3c(cc2Br)OCO3)sc2n1[C@H](c1ccccc1Cl)C1=C(N=2)c2ccccc2CC1. The smallest absolute Gasteiger partial charge is 0.271 e. The van der Waals surface area contributed by atoms with E-state index in [-0.39, 0.29) is 18.4 Å². The zero-order chi connectivity index (χ0) is 24.4. The Hall–Kier alpha value is -3.13. The molecule has 3 heterocycles. The number of hydrogen-bond donors (Lipinski definition) is 0. The highest BCUT2D eigenvalue weighted by atomic mass is 79.9. The fourth-order valence-corrected chi connectivity index (χ4v) is 6.85. The summed E-state index contributed by atoms with van der Waals surface area (Å²) in [5.41, 5.74) is 6.17. The van der Waals surface area contributed by atoms with Crippen LogP contribution in [0.2, 0.25) is 5.02 Å². The van der Waals surface area contributed by atoms with Crippen molar-refractivity contribution in [2.24, 2.45) is 4.99 Å². The first kappa shape index (κ1) is 22.1. The molecule has 0 radical (unpaired) electrons. The van der Waals surface area contributed by atoms with Crippen LogP contribution in [0.4, 0.5) is 0 Å². The van der Waals surface area contributed by atoms with Gasteiger partial charge in [0.1, 0.15) is 0 Å². The summed E-state index contributed by atoms with van der Waals surface area (Å²) >= 11 is 11.7. The molecule has 0 saturated heterocycles. The minimum absolute atomic E-state index is 0.0846. The molecule has 1 atom stereocenters. The third kappa shape index (κ3) is 3.41. The van der Waals surface area contributed by atoms with Crippen LogP contribution in [0.25, 0.3) is 11.8 Å². The van der Waals surface area contributed by atoms with Crippen LogP contribution in [0.15, 0.2) is 80.5 Å². The second-order valence-corrected chi connectivity index (χ2v) is 11.1. The lowest BCUT2D eigenvalue weighted by atomic mass is 9.83. The molecule has 2 aliphatic heterocycles. The van der Waals surface area contributed by atoms with Gasteiger partial charge in [0.05, 0.1) is 16.3 Å². The Morgan fingerprint density at radius 2 is 1.83 bits per heavy atom. The summed E-state index contributed by atoms with van der Waals surface area (Å²) in [6, 6.07) is 19.6. The molecule has 0 spiro atoms. The van der Waals surface area contributed by atoms with Gasteiger partial charge in [0, 0.05) is 15.1 Å². The maximum atomic E-state index is 13.9. The first-order valence-corrected chi connectivity index (χ1v) is 13.5. The third-order valence-corrected chi connectivity index (χ3v) is 8.87. The Balaban J connectivity index is 1.49. The van der Waals surface area contributed by atoms with Gasteiger partial charge in [-0.3, -0.25) is 9.36 Å². The number of hydrogen-bond acceptors (Lipinski definition) is 5. The summed E-state index contributed by atoms with van der Waals surface area (Å²) < 4.78 is 14.2. The van der Waals surface area contributed by atoms with Gasteiger partial charge < -0.3 is 9.47 Å². The Bertz CT molecular complexity index is 1790. The molecule has 3 aliphatic rings.